The number of nitrogen functional groups attached to an aromatic ring is 1. The highest BCUT2D eigenvalue weighted by Crippen LogP contribution is 2.36. The molecule has 3 heterocycles. The van der Waals surface area contributed by atoms with Crippen molar-refractivity contribution in [2.45, 2.75) is 39.5 Å². The number of hydrogen-bond donors (Lipinski definition) is 2. The zero-order valence-electron chi connectivity index (χ0n) is 15.8. The van der Waals surface area contributed by atoms with Crippen molar-refractivity contribution >= 4 is 16.7 Å². The minimum absolute atomic E-state index is 0.439. The van der Waals surface area contributed by atoms with E-state index in [1.807, 2.05) is 6.20 Å². The molecule has 0 radical (unpaired) electrons. The van der Waals surface area contributed by atoms with E-state index in [1.165, 1.54) is 41.5 Å². The molecule has 26 heavy (non-hydrogen) atoms. The molecule has 5 heteroatoms. The number of likely N-dealkylation sites (tertiary alicyclic amines) is 1. The molecule has 1 saturated heterocycles. The van der Waals surface area contributed by atoms with Gasteiger partial charge in [-0.05, 0) is 57.0 Å². The molecule has 1 aliphatic rings. The number of nitrogens with zero attached hydrogens (tertiary/aromatic N) is 3. The molecule has 0 aliphatic carbocycles. The zero-order chi connectivity index (χ0) is 18.3. The van der Waals surface area contributed by atoms with Crippen LogP contribution < -0.4 is 5.73 Å². The van der Waals surface area contributed by atoms with Crippen molar-refractivity contribution in [2.75, 3.05) is 25.4 Å². The van der Waals surface area contributed by atoms with Crippen LogP contribution in [-0.2, 0) is 0 Å². The highest BCUT2D eigenvalue weighted by molar-refractivity contribution is 5.87. The van der Waals surface area contributed by atoms with Crippen molar-refractivity contribution in [1.29, 1.82) is 0 Å². The highest BCUT2D eigenvalue weighted by atomic mass is 15.2. The van der Waals surface area contributed by atoms with Gasteiger partial charge < -0.3 is 15.6 Å². The minimum Gasteiger partial charge on any atom is -0.382 e. The summed E-state index contributed by atoms with van der Waals surface area (Å²) in [5.74, 6) is 1.03. The molecule has 1 aromatic carbocycles. The van der Waals surface area contributed by atoms with E-state index in [0.29, 0.717) is 11.7 Å². The van der Waals surface area contributed by atoms with Crippen LogP contribution >= 0.6 is 0 Å². The number of anilines is 1. The number of aromatic nitrogens is 3. The SMILES string of the molecule is CCN1CCCC(c2c(N)nnc(-c3ccc4c(C)c[nH]c4c3)c2C)C1. The fourth-order valence-corrected chi connectivity index (χ4v) is 4.34. The second-order valence-corrected chi connectivity index (χ2v) is 7.44. The number of benzene rings is 1. The second kappa shape index (κ2) is 6.72. The number of rotatable bonds is 3. The van der Waals surface area contributed by atoms with Crippen LogP contribution in [0, 0.1) is 13.8 Å². The number of H-pyrrole nitrogens is 1. The maximum Gasteiger partial charge on any atom is 0.149 e. The topological polar surface area (TPSA) is 70.8 Å². The fraction of sp³-hybridized carbons (Fsp3) is 0.429. The van der Waals surface area contributed by atoms with Crippen LogP contribution in [0.2, 0.25) is 0 Å². The van der Waals surface area contributed by atoms with Crippen molar-refractivity contribution in [3.05, 3.63) is 41.1 Å². The summed E-state index contributed by atoms with van der Waals surface area (Å²) >= 11 is 0. The molecule has 1 unspecified atom stereocenters. The monoisotopic (exact) mass is 349 g/mol. The van der Waals surface area contributed by atoms with E-state index >= 15 is 0 Å². The van der Waals surface area contributed by atoms with Gasteiger partial charge in [0.05, 0.1) is 5.69 Å². The molecular formula is C21H27N5. The first-order chi connectivity index (χ1) is 12.6. The van der Waals surface area contributed by atoms with Gasteiger partial charge in [-0.1, -0.05) is 19.1 Å². The first-order valence-electron chi connectivity index (χ1n) is 9.51. The summed E-state index contributed by atoms with van der Waals surface area (Å²) in [5.41, 5.74) is 13.1. The summed E-state index contributed by atoms with van der Waals surface area (Å²) in [4.78, 5) is 5.84. The number of nitrogens with one attached hydrogen (secondary N) is 1. The van der Waals surface area contributed by atoms with E-state index in [1.54, 1.807) is 0 Å². The maximum atomic E-state index is 6.28. The first kappa shape index (κ1) is 17.0. The molecular weight excluding hydrogens is 322 g/mol. The van der Waals surface area contributed by atoms with Crippen molar-refractivity contribution in [2.24, 2.45) is 0 Å². The van der Waals surface area contributed by atoms with Gasteiger partial charge in [-0.15, -0.1) is 10.2 Å². The van der Waals surface area contributed by atoms with Crippen molar-refractivity contribution in [3.63, 3.8) is 0 Å². The van der Waals surface area contributed by atoms with E-state index < -0.39 is 0 Å². The molecule has 136 valence electrons. The molecule has 5 nitrogen and oxygen atoms in total. The molecule has 0 bridgehead atoms. The lowest BCUT2D eigenvalue weighted by atomic mass is 9.87. The number of aromatic amines is 1. The van der Waals surface area contributed by atoms with Gasteiger partial charge in [-0.3, -0.25) is 0 Å². The van der Waals surface area contributed by atoms with Gasteiger partial charge >= 0.3 is 0 Å². The molecule has 1 aliphatic heterocycles. The zero-order valence-corrected chi connectivity index (χ0v) is 15.8. The Morgan fingerprint density at radius 3 is 2.92 bits per heavy atom. The third kappa shape index (κ3) is 2.86. The Bertz CT molecular complexity index is 943. The number of fused-ring (bicyclic) bond motifs is 1. The van der Waals surface area contributed by atoms with Crippen molar-refractivity contribution in [1.82, 2.24) is 20.1 Å². The number of nitrogens with two attached hydrogens (primary N) is 1. The second-order valence-electron chi connectivity index (χ2n) is 7.44. The van der Waals surface area contributed by atoms with E-state index in [4.69, 9.17) is 5.73 Å². The summed E-state index contributed by atoms with van der Waals surface area (Å²) < 4.78 is 0. The number of aryl methyl sites for hydroxylation is 1. The standard InChI is InChI=1S/C21H27N5/c1-4-26-9-5-6-16(12-26)19-14(3)20(24-25-21(19)22)15-7-8-17-13(2)11-23-18(17)10-15/h7-8,10-11,16,23H,4-6,9,12H2,1-3H3,(H2,22,25). The number of piperidine rings is 1. The van der Waals surface area contributed by atoms with Crippen LogP contribution in [0.4, 0.5) is 5.82 Å². The molecule has 3 aromatic rings. The van der Waals surface area contributed by atoms with Gasteiger partial charge in [0.1, 0.15) is 5.82 Å². The fourth-order valence-electron chi connectivity index (χ4n) is 4.34. The van der Waals surface area contributed by atoms with Gasteiger partial charge in [0.25, 0.3) is 0 Å². The lowest BCUT2D eigenvalue weighted by Crippen LogP contribution is -2.34. The van der Waals surface area contributed by atoms with Crippen LogP contribution in [0.25, 0.3) is 22.2 Å². The van der Waals surface area contributed by atoms with Gasteiger partial charge in [-0.25, -0.2) is 0 Å². The van der Waals surface area contributed by atoms with Crippen LogP contribution in [-0.4, -0.2) is 39.7 Å². The van der Waals surface area contributed by atoms with Crippen molar-refractivity contribution < 1.29 is 0 Å². The molecule has 1 atom stereocenters. The van der Waals surface area contributed by atoms with Crippen LogP contribution in [0.1, 0.15) is 42.4 Å². The Morgan fingerprint density at radius 1 is 1.27 bits per heavy atom. The predicted octanol–water partition coefficient (Wildman–Crippen LogP) is 4.02. The normalized spacial score (nSPS) is 18.5. The summed E-state index contributed by atoms with van der Waals surface area (Å²) in [6.07, 6.45) is 4.42. The lowest BCUT2D eigenvalue weighted by Gasteiger charge is -2.33. The van der Waals surface area contributed by atoms with E-state index in [0.717, 1.165) is 29.9 Å². The third-order valence-corrected chi connectivity index (χ3v) is 5.82. The van der Waals surface area contributed by atoms with Crippen molar-refractivity contribution in [3.8, 4) is 11.3 Å². The van der Waals surface area contributed by atoms with E-state index in [9.17, 15) is 0 Å². The first-order valence-corrected chi connectivity index (χ1v) is 9.51. The average Bonchev–Trinajstić information content (AvgIpc) is 3.02. The highest BCUT2D eigenvalue weighted by Gasteiger charge is 2.26. The van der Waals surface area contributed by atoms with Gasteiger partial charge in [0, 0.05) is 40.7 Å². The molecule has 3 N–H and O–H groups in total. The molecule has 1 fully saturated rings. The summed E-state index contributed by atoms with van der Waals surface area (Å²) in [5, 5.41) is 10.0. The van der Waals surface area contributed by atoms with Crippen LogP contribution in [0.15, 0.2) is 24.4 Å². The Kier molecular flexibility index (Phi) is 4.41. The van der Waals surface area contributed by atoms with Gasteiger partial charge in [0.15, 0.2) is 0 Å². The molecule has 0 saturated carbocycles. The van der Waals surface area contributed by atoms with E-state index in [2.05, 4.69) is 59.1 Å². The quantitative estimate of drug-likeness (QED) is 0.749. The third-order valence-electron chi connectivity index (χ3n) is 5.82. The van der Waals surface area contributed by atoms with E-state index in [-0.39, 0.29) is 0 Å². The van der Waals surface area contributed by atoms with Crippen LogP contribution in [0.5, 0.6) is 0 Å². The summed E-state index contributed by atoms with van der Waals surface area (Å²) in [6.45, 7) is 9.81. The number of hydrogen-bond acceptors (Lipinski definition) is 4. The van der Waals surface area contributed by atoms with Gasteiger partial charge in [-0.2, -0.15) is 0 Å². The summed E-state index contributed by atoms with van der Waals surface area (Å²) in [6, 6.07) is 6.46. The largest absolute Gasteiger partial charge is 0.382 e. The Labute approximate surface area is 154 Å². The smallest absolute Gasteiger partial charge is 0.149 e. The summed E-state index contributed by atoms with van der Waals surface area (Å²) in [7, 11) is 0. The van der Waals surface area contributed by atoms with Gasteiger partial charge in [0.2, 0.25) is 0 Å². The van der Waals surface area contributed by atoms with Crippen LogP contribution in [0.3, 0.4) is 0 Å². The average molecular weight is 349 g/mol. The Hall–Kier alpha value is -2.40. The predicted molar refractivity (Wildman–Crippen MR) is 107 cm³/mol. The number of likely N-dealkylation sites (N-methyl/N-ethyl adjacent to an activating group) is 1. The molecule has 0 amide bonds. The molecule has 4 rings (SSSR count). The minimum atomic E-state index is 0.439. The molecule has 0 spiro atoms. The lowest BCUT2D eigenvalue weighted by molar-refractivity contribution is 0.218. The Balaban J connectivity index is 1.77. The molecule has 2 aromatic heterocycles. The maximum absolute atomic E-state index is 6.28. The Morgan fingerprint density at radius 2 is 2.12 bits per heavy atom.